The predicted octanol–water partition coefficient (Wildman–Crippen LogP) is 2.43. The molecular weight excluding hydrogens is 392 g/mol. The van der Waals surface area contributed by atoms with Gasteiger partial charge in [0.25, 0.3) is 0 Å². The number of nitrogens with zero attached hydrogens (tertiary/aromatic N) is 2. The van der Waals surface area contributed by atoms with Gasteiger partial charge in [-0.3, -0.25) is 9.36 Å². The third-order valence-corrected chi connectivity index (χ3v) is 6.41. The molecule has 2 N–H and O–H groups in total. The Morgan fingerprint density at radius 3 is 2.79 bits per heavy atom. The van der Waals surface area contributed by atoms with Gasteiger partial charge in [-0.25, -0.2) is 9.89 Å². The van der Waals surface area contributed by atoms with Crippen LogP contribution in [0.1, 0.15) is 44.6 Å². The maximum Gasteiger partial charge on any atom is 0.343 e. The molecule has 1 aliphatic heterocycles. The molecule has 1 amide bonds. The van der Waals surface area contributed by atoms with Crippen molar-refractivity contribution in [3.05, 3.63) is 34.2 Å². The predicted molar refractivity (Wildman–Crippen MR) is 110 cm³/mol. The highest BCUT2D eigenvalue weighted by molar-refractivity contribution is 7.99. The average Bonchev–Trinajstić information content (AvgIpc) is 3.34. The third-order valence-electron chi connectivity index (χ3n) is 5.43. The Labute approximate surface area is 173 Å². The Bertz CT molecular complexity index is 933. The van der Waals surface area contributed by atoms with E-state index in [2.05, 4.69) is 15.5 Å². The Balaban J connectivity index is 1.47. The van der Waals surface area contributed by atoms with E-state index < -0.39 is 0 Å². The number of ether oxygens (including phenoxy) is 2. The van der Waals surface area contributed by atoms with Crippen LogP contribution in [0, 0.1) is 0 Å². The summed E-state index contributed by atoms with van der Waals surface area (Å²) in [6.07, 6.45) is 4.75. The molecule has 2 aliphatic rings. The minimum atomic E-state index is -0.387. The second-order valence-corrected chi connectivity index (χ2v) is 8.39. The number of rotatable bonds is 7. The van der Waals surface area contributed by atoms with E-state index in [1.807, 2.05) is 25.1 Å². The molecule has 9 heteroatoms. The monoisotopic (exact) mass is 418 g/mol. The van der Waals surface area contributed by atoms with Gasteiger partial charge in [0.15, 0.2) is 16.7 Å². The van der Waals surface area contributed by atoms with Crippen LogP contribution in [-0.4, -0.2) is 39.6 Å². The van der Waals surface area contributed by atoms with Crippen molar-refractivity contribution in [3.63, 3.8) is 0 Å². The van der Waals surface area contributed by atoms with Crippen molar-refractivity contribution in [1.82, 2.24) is 20.1 Å². The molecule has 8 nitrogen and oxygen atoms in total. The van der Waals surface area contributed by atoms with Crippen molar-refractivity contribution in [3.8, 4) is 11.5 Å². The van der Waals surface area contributed by atoms with Gasteiger partial charge in [-0.2, -0.15) is 0 Å². The van der Waals surface area contributed by atoms with Crippen LogP contribution in [0.5, 0.6) is 11.5 Å². The van der Waals surface area contributed by atoms with Crippen molar-refractivity contribution in [2.45, 2.75) is 56.3 Å². The van der Waals surface area contributed by atoms with Gasteiger partial charge >= 0.3 is 5.69 Å². The van der Waals surface area contributed by atoms with Crippen LogP contribution in [0.3, 0.4) is 0 Å². The number of aromatic amines is 1. The van der Waals surface area contributed by atoms with Crippen molar-refractivity contribution in [2.75, 3.05) is 19.0 Å². The molecule has 1 aromatic carbocycles. The van der Waals surface area contributed by atoms with Gasteiger partial charge in [-0.1, -0.05) is 37.6 Å². The van der Waals surface area contributed by atoms with Gasteiger partial charge in [0, 0.05) is 6.54 Å². The van der Waals surface area contributed by atoms with Crippen molar-refractivity contribution >= 4 is 17.7 Å². The van der Waals surface area contributed by atoms with Gasteiger partial charge in [0.05, 0.1) is 11.3 Å². The minimum absolute atomic E-state index is 0.0645. The Hall–Kier alpha value is -2.42. The van der Waals surface area contributed by atoms with E-state index in [0.717, 1.165) is 49.2 Å². The Morgan fingerprint density at radius 1 is 1.28 bits per heavy atom. The summed E-state index contributed by atoms with van der Waals surface area (Å²) in [7, 11) is 0. The zero-order valence-corrected chi connectivity index (χ0v) is 17.3. The lowest BCUT2D eigenvalue weighted by atomic mass is 9.87. The lowest BCUT2D eigenvalue weighted by molar-refractivity contribution is -0.120. The average molecular weight is 419 g/mol. The number of hydrogen-bond acceptors (Lipinski definition) is 6. The minimum Gasteiger partial charge on any atom is -0.486 e. The number of carbonyl (C=O) groups is 1. The normalized spacial score (nSPS) is 17.3. The van der Waals surface area contributed by atoms with E-state index in [0.29, 0.717) is 24.9 Å². The maximum atomic E-state index is 12.8. The number of H-pyrrole nitrogens is 1. The lowest BCUT2D eigenvalue weighted by Gasteiger charge is -2.32. The Kier molecular flexibility index (Phi) is 5.84. The third kappa shape index (κ3) is 4.14. The number of carbonyl (C=O) groups excluding carboxylic acids is 1. The number of hydrogen-bond donors (Lipinski definition) is 2. The molecule has 0 atom stereocenters. The van der Waals surface area contributed by atoms with Crippen molar-refractivity contribution < 1.29 is 14.3 Å². The summed E-state index contributed by atoms with van der Waals surface area (Å²) >= 11 is 1.28. The molecule has 0 spiro atoms. The second-order valence-electron chi connectivity index (χ2n) is 7.45. The summed E-state index contributed by atoms with van der Waals surface area (Å²) < 4.78 is 12.9. The lowest BCUT2D eigenvalue weighted by Crippen LogP contribution is -2.44. The molecule has 2 aromatic rings. The van der Waals surface area contributed by atoms with Crippen molar-refractivity contribution in [2.24, 2.45) is 0 Å². The highest BCUT2D eigenvalue weighted by Gasteiger charge is 2.37. The molecule has 2 heterocycles. The quantitative estimate of drug-likeness (QED) is 0.670. The first-order valence-electron chi connectivity index (χ1n) is 10.1. The summed E-state index contributed by atoms with van der Waals surface area (Å²) in [6.45, 7) is 3.68. The fourth-order valence-electron chi connectivity index (χ4n) is 4.07. The molecule has 4 rings (SSSR count). The molecule has 1 saturated carbocycles. The fourth-order valence-corrected chi connectivity index (χ4v) is 4.85. The van der Waals surface area contributed by atoms with Crippen LogP contribution in [0.25, 0.3) is 0 Å². The number of amides is 1. The molecule has 1 aromatic heterocycles. The molecule has 156 valence electrons. The van der Waals surface area contributed by atoms with Crippen LogP contribution in [-0.2, 0) is 16.9 Å². The van der Waals surface area contributed by atoms with E-state index in [1.54, 1.807) is 4.57 Å². The smallest absolute Gasteiger partial charge is 0.343 e. The highest BCUT2D eigenvalue weighted by atomic mass is 32.2. The van der Waals surface area contributed by atoms with E-state index in [1.165, 1.54) is 11.8 Å². The first-order valence-corrected chi connectivity index (χ1v) is 11.1. The summed E-state index contributed by atoms with van der Waals surface area (Å²) in [4.78, 5) is 24.6. The van der Waals surface area contributed by atoms with E-state index in [-0.39, 0.29) is 22.9 Å². The Morgan fingerprint density at radius 2 is 2.03 bits per heavy atom. The van der Waals surface area contributed by atoms with Crippen LogP contribution in [0.4, 0.5) is 0 Å². The summed E-state index contributed by atoms with van der Waals surface area (Å²) in [5.74, 6) is 1.64. The van der Waals surface area contributed by atoms with E-state index in [9.17, 15) is 9.59 Å². The first-order chi connectivity index (χ1) is 14.1. The second kappa shape index (κ2) is 8.52. The number of thioether (sulfide) groups is 1. The molecular formula is C20H26N4O4S. The van der Waals surface area contributed by atoms with Gasteiger partial charge in [-0.05, 0) is 37.0 Å². The number of nitrogens with one attached hydrogen (secondary N) is 2. The number of fused-ring (bicyclic) bond motifs is 1. The number of benzene rings is 1. The van der Waals surface area contributed by atoms with Crippen LogP contribution in [0.2, 0.25) is 0 Å². The summed E-state index contributed by atoms with van der Waals surface area (Å²) in [5.41, 5.74) is 0.431. The molecule has 0 saturated heterocycles. The molecule has 29 heavy (non-hydrogen) atoms. The van der Waals surface area contributed by atoms with E-state index >= 15 is 0 Å². The molecule has 0 bridgehead atoms. The van der Waals surface area contributed by atoms with Gasteiger partial charge < -0.3 is 14.8 Å². The summed E-state index contributed by atoms with van der Waals surface area (Å²) in [5, 5.41) is 10.3. The standard InChI is InChI=1S/C20H26N4O4S/c1-2-9-24-18(26)22-23-19(24)29-13-17(25)21-20(7-3-4-8-20)14-5-6-15-16(12-14)28-11-10-27-15/h5-6,12H,2-4,7-11,13H2,1H3,(H,21,25)(H,22,26). The zero-order valence-electron chi connectivity index (χ0n) is 16.5. The van der Waals surface area contributed by atoms with Gasteiger partial charge in [0.1, 0.15) is 13.2 Å². The summed E-state index contributed by atoms with van der Waals surface area (Å²) in [6, 6.07) is 5.96. The van der Waals surface area contributed by atoms with Gasteiger partial charge in [0.2, 0.25) is 5.91 Å². The largest absolute Gasteiger partial charge is 0.486 e. The molecule has 0 unspecified atom stereocenters. The molecule has 1 aliphatic carbocycles. The van der Waals surface area contributed by atoms with Crippen molar-refractivity contribution in [1.29, 1.82) is 0 Å². The fraction of sp³-hybridized carbons (Fsp3) is 0.550. The maximum absolute atomic E-state index is 12.8. The number of aromatic nitrogens is 3. The van der Waals surface area contributed by atoms with Crippen LogP contribution >= 0.6 is 11.8 Å². The zero-order chi connectivity index (χ0) is 20.3. The topological polar surface area (TPSA) is 98.2 Å². The molecule has 0 radical (unpaired) electrons. The van der Waals surface area contributed by atoms with Crippen LogP contribution in [0.15, 0.2) is 28.2 Å². The first kappa shape index (κ1) is 19.9. The molecule has 1 fully saturated rings. The van der Waals surface area contributed by atoms with E-state index in [4.69, 9.17) is 9.47 Å². The highest BCUT2D eigenvalue weighted by Crippen LogP contribution is 2.42. The SMILES string of the molecule is CCCn1c(SCC(=O)NC2(c3ccc4c(c3)OCCO4)CCCC2)n[nH]c1=O. The van der Waals surface area contributed by atoms with Gasteiger partial charge in [-0.15, -0.1) is 5.10 Å². The van der Waals surface area contributed by atoms with Crippen LogP contribution < -0.4 is 20.5 Å².